The molecule has 27 heavy (non-hydrogen) atoms. The topological polar surface area (TPSA) is 65.2 Å². The van der Waals surface area contributed by atoms with Crippen molar-refractivity contribution in [1.82, 2.24) is 20.7 Å². The molecule has 0 aliphatic carbocycles. The Morgan fingerprint density at radius 3 is 2.59 bits per heavy atom. The van der Waals surface area contributed by atoms with Crippen molar-refractivity contribution >= 4 is 17.9 Å². The zero-order valence-electron chi connectivity index (χ0n) is 17.9. The molecule has 0 bridgehead atoms. The normalized spacial score (nSPS) is 22.0. The van der Waals surface area contributed by atoms with Crippen LogP contribution in [0.4, 0.5) is 0 Å². The molecule has 0 spiro atoms. The first-order valence-corrected chi connectivity index (χ1v) is 11.0. The summed E-state index contributed by atoms with van der Waals surface area (Å²) in [7, 11) is 0. The van der Waals surface area contributed by atoms with Crippen molar-refractivity contribution < 1.29 is 4.79 Å². The molecule has 1 rings (SSSR count). The van der Waals surface area contributed by atoms with Crippen LogP contribution in [-0.2, 0) is 4.79 Å². The van der Waals surface area contributed by atoms with Crippen molar-refractivity contribution in [1.29, 1.82) is 0 Å². The number of hydrogen-bond donors (Lipinski definition) is 4. The van der Waals surface area contributed by atoms with E-state index in [0.717, 1.165) is 38.9 Å². The summed E-state index contributed by atoms with van der Waals surface area (Å²) in [6.07, 6.45) is 7.81. The van der Waals surface area contributed by atoms with E-state index in [4.69, 9.17) is 0 Å². The monoisotopic (exact) mass is 396 g/mol. The lowest BCUT2D eigenvalue weighted by Crippen LogP contribution is -2.62. The van der Waals surface area contributed by atoms with Crippen molar-refractivity contribution in [2.45, 2.75) is 77.3 Å². The largest absolute Gasteiger partial charge is 0.339 e. The van der Waals surface area contributed by atoms with E-state index in [1.807, 2.05) is 6.92 Å². The molecule has 1 amide bonds. The van der Waals surface area contributed by atoms with Crippen LogP contribution in [0.3, 0.4) is 0 Å². The third-order valence-electron chi connectivity index (χ3n) is 4.56. The number of nitrogens with one attached hydrogen (secondary N) is 4. The van der Waals surface area contributed by atoms with Crippen LogP contribution in [-0.4, -0.2) is 42.5 Å². The molecule has 1 aliphatic rings. The van der Waals surface area contributed by atoms with Crippen LogP contribution in [0.1, 0.15) is 60.3 Å². The summed E-state index contributed by atoms with van der Waals surface area (Å²) in [5, 5.41) is 10.1. The lowest BCUT2D eigenvalue weighted by atomic mass is 9.88. The second-order valence-electron chi connectivity index (χ2n) is 8.37. The molecule has 0 radical (unpaired) electrons. The Morgan fingerprint density at radius 1 is 1.30 bits per heavy atom. The van der Waals surface area contributed by atoms with Gasteiger partial charge in [-0.1, -0.05) is 36.3 Å². The smallest absolute Gasteiger partial charge is 0.221 e. The Labute approximate surface area is 170 Å². The lowest BCUT2D eigenvalue weighted by Gasteiger charge is -2.36. The predicted octanol–water partition coefficient (Wildman–Crippen LogP) is 3.36. The number of amides is 1. The van der Waals surface area contributed by atoms with Crippen molar-refractivity contribution in [3.8, 4) is 0 Å². The Morgan fingerprint density at radius 2 is 2.04 bits per heavy atom. The molecule has 3 unspecified atom stereocenters. The van der Waals surface area contributed by atoms with Crippen molar-refractivity contribution in [2.75, 3.05) is 19.6 Å². The molecule has 156 valence electrons. The molecule has 0 aromatic carbocycles. The van der Waals surface area contributed by atoms with Gasteiger partial charge < -0.3 is 10.6 Å². The minimum Gasteiger partial charge on any atom is -0.339 e. The number of rotatable bonds is 11. The highest BCUT2D eigenvalue weighted by atomic mass is 32.2. The van der Waals surface area contributed by atoms with Gasteiger partial charge in [-0.25, -0.2) is 0 Å². The maximum Gasteiger partial charge on any atom is 0.221 e. The molecular weight excluding hydrogens is 356 g/mol. The van der Waals surface area contributed by atoms with Crippen LogP contribution < -0.4 is 20.7 Å². The molecule has 1 saturated heterocycles. The number of allylic oxidation sites excluding steroid dienone is 2. The van der Waals surface area contributed by atoms with Crippen LogP contribution in [0.15, 0.2) is 24.3 Å². The van der Waals surface area contributed by atoms with Crippen LogP contribution in [0.25, 0.3) is 0 Å². The Kier molecular flexibility index (Phi) is 11.3. The zero-order valence-corrected chi connectivity index (χ0v) is 18.7. The SMILES string of the molecule is C=C(C)C(C/C=C\C)C1CNC(NC(=O)CCCCNSC(C)(C)C)CN1. The molecule has 0 aromatic rings. The van der Waals surface area contributed by atoms with E-state index < -0.39 is 0 Å². The zero-order chi connectivity index (χ0) is 20.3. The summed E-state index contributed by atoms with van der Waals surface area (Å²) >= 11 is 1.75. The van der Waals surface area contributed by atoms with Crippen LogP contribution >= 0.6 is 11.9 Å². The number of carbonyl (C=O) groups is 1. The minimum absolute atomic E-state index is 0.0100. The first-order valence-electron chi connectivity index (χ1n) is 10.2. The third-order valence-corrected chi connectivity index (χ3v) is 5.52. The summed E-state index contributed by atoms with van der Waals surface area (Å²) < 4.78 is 3.60. The van der Waals surface area contributed by atoms with E-state index in [-0.39, 0.29) is 16.8 Å². The van der Waals surface area contributed by atoms with Crippen molar-refractivity contribution in [3.63, 3.8) is 0 Å². The molecule has 1 fully saturated rings. The van der Waals surface area contributed by atoms with Crippen molar-refractivity contribution in [3.05, 3.63) is 24.3 Å². The van der Waals surface area contributed by atoms with Gasteiger partial charge in [0.2, 0.25) is 5.91 Å². The maximum absolute atomic E-state index is 12.1. The molecule has 1 aliphatic heterocycles. The molecule has 1 heterocycles. The third kappa shape index (κ3) is 10.9. The summed E-state index contributed by atoms with van der Waals surface area (Å²) in [5.41, 5.74) is 1.20. The summed E-state index contributed by atoms with van der Waals surface area (Å²) in [6.45, 7) is 17.4. The van der Waals surface area contributed by atoms with Crippen LogP contribution in [0.2, 0.25) is 0 Å². The quantitative estimate of drug-likeness (QED) is 0.245. The fourth-order valence-corrected chi connectivity index (χ4v) is 3.76. The highest BCUT2D eigenvalue weighted by Gasteiger charge is 2.27. The predicted molar refractivity (Wildman–Crippen MR) is 119 cm³/mol. The van der Waals surface area contributed by atoms with E-state index in [2.05, 4.69) is 67.1 Å². The molecule has 0 saturated carbocycles. The summed E-state index contributed by atoms with van der Waals surface area (Å²) in [4.78, 5) is 12.1. The van der Waals surface area contributed by atoms with Gasteiger partial charge in [0.25, 0.3) is 0 Å². The Bertz CT molecular complexity index is 479. The van der Waals surface area contributed by atoms with E-state index in [1.165, 1.54) is 5.57 Å². The van der Waals surface area contributed by atoms with Crippen LogP contribution in [0.5, 0.6) is 0 Å². The Hall–Kier alpha value is -0.820. The molecule has 0 aromatic heterocycles. The average Bonchev–Trinajstić information content (AvgIpc) is 2.58. The van der Waals surface area contributed by atoms with Gasteiger partial charge in [-0.15, -0.1) is 0 Å². The first kappa shape index (κ1) is 24.2. The highest BCUT2D eigenvalue weighted by Crippen LogP contribution is 2.20. The van der Waals surface area contributed by atoms with Gasteiger partial charge in [-0.3, -0.25) is 14.8 Å². The van der Waals surface area contributed by atoms with Gasteiger partial charge >= 0.3 is 0 Å². The van der Waals surface area contributed by atoms with Gasteiger partial charge in [0.1, 0.15) is 0 Å². The number of unbranched alkanes of at least 4 members (excludes halogenated alkanes) is 1. The van der Waals surface area contributed by atoms with Gasteiger partial charge in [0.15, 0.2) is 0 Å². The molecule has 5 nitrogen and oxygen atoms in total. The standard InChI is InChI=1S/C21H40N4OS/c1-7-8-11-17(16(2)3)18-14-23-19(15-22-18)25-20(26)12-9-10-13-24-27-21(4,5)6/h7-8,17-19,22-24H,2,9-15H2,1,3-6H3,(H,25,26)/b8-7-. The minimum atomic E-state index is 0.0100. The fourth-order valence-electron chi connectivity index (χ4n) is 3.08. The van der Waals surface area contributed by atoms with E-state index >= 15 is 0 Å². The van der Waals surface area contributed by atoms with E-state index in [0.29, 0.717) is 18.4 Å². The number of piperazine rings is 1. The molecule has 6 heteroatoms. The second-order valence-corrected chi connectivity index (χ2v) is 10.1. The van der Waals surface area contributed by atoms with E-state index in [1.54, 1.807) is 11.9 Å². The molecule has 4 N–H and O–H groups in total. The van der Waals surface area contributed by atoms with Crippen molar-refractivity contribution in [2.24, 2.45) is 5.92 Å². The van der Waals surface area contributed by atoms with E-state index in [9.17, 15) is 4.79 Å². The lowest BCUT2D eigenvalue weighted by molar-refractivity contribution is -0.122. The van der Waals surface area contributed by atoms with Gasteiger partial charge in [-0.2, -0.15) is 0 Å². The Balaban J connectivity index is 2.20. The fraction of sp³-hybridized carbons (Fsp3) is 0.762. The number of hydrogen-bond acceptors (Lipinski definition) is 5. The summed E-state index contributed by atoms with van der Waals surface area (Å²) in [5.74, 6) is 0.547. The maximum atomic E-state index is 12.1. The van der Waals surface area contributed by atoms with Crippen LogP contribution in [0, 0.1) is 5.92 Å². The van der Waals surface area contributed by atoms with Gasteiger partial charge in [-0.05, 0) is 59.8 Å². The number of carbonyl (C=O) groups excluding carboxylic acids is 1. The molecule has 3 atom stereocenters. The first-order chi connectivity index (χ1) is 12.7. The second kappa shape index (κ2) is 12.6. The highest BCUT2D eigenvalue weighted by molar-refractivity contribution is 7.98. The molecular formula is C21H40N4OS. The summed E-state index contributed by atoms with van der Waals surface area (Å²) in [6, 6.07) is 0.359. The van der Waals surface area contributed by atoms with Gasteiger partial charge in [0, 0.05) is 36.8 Å². The average molecular weight is 397 g/mol. The van der Waals surface area contributed by atoms with Gasteiger partial charge in [0.05, 0.1) is 6.17 Å².